The van der Waals surface area contributed by atoms with E-state index in [9.17, 15) is 4.79 Å². The number of carbonyl (C=O) groups excluding carboxylic acids is 1. The Morgan fingerprint density at radius 3 is 2.70 bits per heavy atom. The Bertz CT molecular complexity index is 648. The third-order valence-corrected chi connectivity index (χ3v) is 2.95. The van der Waals surface area contributed by atoms with Crippen LogP contribution >= 0.6 is 12.4 Å². The number of aryl methyl sites for hydroxylation is 1. The minimum Gasteiger partial charge on any atom is -0.489 e. The number of halogens is 1. The molecular formula is C16H20ClN3O3. The number of carbonyl (C=O) groups is 1. The molecule has 7 heteroatoms. The number of nitrogen functional groups attached to an aromatic ring is 1. The Balaban J connectivity index is 0.00000264. The molecular weight excluding hydrogens is 318 g/mol. The van der Waals surface area contributed by atoms with Crippen molar-refractivity contribution in [2.45, 2.75) is 6.92 Å². The third-order valence-electron chi connectivity index (χ3n) is 2.95. The number of hydrogen-bond donors (Lipinski definition) is 2. The molecule has 23 heavy (non-hydrogen) atoms. The van der Waals surface area contributed by atoms with E-state index in [1.807, 2.05) is 19.1 Å². The molecule has 3 N–H and O–H groups in total. The lowest BCUT2D eigenvalue weighted by atomic mass is 10.2. The van der Waals surface area contributed by atoms with E-state index >= 15 is 0 Å². The van der Waals surface area contributed by atoms with Crippen molar-refractivity contribution < 1.29 is 14.3 Å². The molecule has 0 atom stereocenters. The van der Waals surface area contributed by atoms with Crippen LogP contribution in [-0.2, 0) is 4.74 Å². The number of nitrogens with zero attached hydrogens (tertiary/aromatic N) is 1. The first-order valence-electron chi connectivity index (χ1n) is 6.85. The summed E-state index contributed by atoms with van der Waals surface area (Å²) in [6.45, 7) is 2.83. The first-order valence-corrected chi connectivity index (χ1v) is 6.85. The molecule has 0 bridgehead atoms. The number of pyridine rings is 1. The molecule has 2 aromatic rings. The number of methoxy groups -OCH3 is 1. The molecule has 1 aromatic carbocycles. The maximum atomic E-state index is 12.2. The van der Waals surface area contributed by atoms with Gasteiger partial charge in [-0.3, -0.25) is 4.79 Å². The lowest BCUT2D eigenvalue weighted by Gasteiger charge is -2.13. The third kappa shape index (κ3) is 5.43. The van der Waals surface area contributed by atoms with Gasteiger partial charge in [-0.05, 0) is 36.8 Å². The number of benzene rings is 1. The van der Waals surface area contributed by atoms with Gasteiger partial charge in [0.1, 0.15) is 18.1 Å². The predicted octanol–water partition coefficient (Wildman–Crippen LogP) is 2.67. The number of anilines is 2. The van der Waals surface area contributed by atoms with Crippen LogP contribution in [0.15, 0.2) is 36.5 Å². The summed E-state index contributed by atoms with van der Waals surface area (Å²) in [5, 5.41) is 2.79. The van der Waals surface area contributed by atoms with Crippen LogP contribution in [0.4, 0.5) is 11.4 Å². The Morgan fingerprint density at radius 2 is 2.04 bits per heavy atom. The van der Waals surface area contributed by atoms with E-state index in [0.29, 0.717) is 30.3 Å². The van der Waals surface area contributed by atoms with Gasteiger partial charge in [0.05, 0.1) is 24.2 Å². The van der Waals surface area contributed by atoms with Crippen molar-refractivity contribution in [3.8, 4) is 5.75 Å². The smallest absolute Gasteiger partial charge is 0.274 e. The molecule has 0 saturated carbocycles. The second-order valence-electron chi connectivity index (χ2n) is 4.77. The molecule has 0 spiro atoms. The van der Waals surface area contributed by atoms with E-state index in [1.165, 1.54) is 6.20 Å². The Hall–Kier alpha value is -2.31. The number of aromatic nitrogens is 1. The summed E-state index contributed by atoms with van der Waals surface area (Å²) < 4.78 is 10.6. The molecule has 0 unspecified atom stereocenters. The normalized spacial score (nSPS) is 9.83. The quantitative estimate of drug-likeness (QED) is 0.791. The van der Waals surface area contributed by atoms with Crippen molar-refractivity contribution in [3.05, 3.63) is 47.8 Å². The van der Waals surface area contributed by atoms with Gasteiger partial charge in [-0.1, -0.05) is 6.07 Å². The number of ether oxygens (including phenoxy) is 2. The highest BCUT2D eigenvalue weighted by molar-refractivity contribution is 6.03. The van der Waals surface area contributed by atoms with Crippen LogP contribution < -0.4 is 15.8 Å². The van der Waals surface area contributed by atoms with Gasteiger partial charge in [0.25, 0.3) is 5.91 Å². The monoisotopic (exact) mass is 337 g/mol. The molecule has 2 rings (SSSR count). The molecule has 124 valence electrons. The van der Waals surface area contributed by atoms with Crippen molar-refractivity contribution in [2.24, 2.45) is 0 Å². The van der Waals surface area contributed by atoms with Crippen LogP contribution in [0.1, 0.15) is 16.1 Å². The topological polar surface area (TPSA) is 86.5 Å². The molecule has 0 aliphatic carbocycles. The van der Waals surface area contributed by atoms with E-state index in [1.54, 1.807) is 25.3 Å². The number of nitrogens with one attached hydrogen (secondary N) is 1. The van der Waals surface area contributed by atoms with E-state index in [-0.39, 0.29) is 24.0 Å². The zero-order valence-electron chi connectivity index (χ0n) is 13.0. The van der Waals surface area contributed by atoms with Gasteiger partial charge in [-0.15, -0.1) is 12.4 Å². The van der Waals surface area contributed by atoms with Crippen molar-refractivity contribution in [1.29, 1.82) is 0 Å². The van der Waals surface area contributed by atoms with Crippen LogP contribution in [0, 0.1) is 6.92 Å². The largest absolute Gasteiger partial charge is 0.489 e. The van der Waals surface area contributed by atoms with Crippen molar-refractivity contribution in [2.75, 3.05) is 31.4 Å². The molecule has 1 heterocycles. The second-order valence-corrected chi connectivity index (χ2v) is 4.77. The van der Waals surface area contributed by atoms with Crippen molar-refractivity contribution >= 4 is 29.7 Å². The van der Waals surface area contributed by atoms with E-state index in [2.05, 4.69) is 10.3 Å². The molecule has 6 nitrogen and oxygen atoms in total. The fourth-order valence-electron chi connectivity index (χ4n) is 1.81. The van der Waals surface area contributed by atoms with Crippen LogP contribution in [0.25, 0.3) is 0 Å². The fraction of sp³-hybridized carbons (Fsp3) is 0.250. The summed E-state index contributed by atoms with van der Waals surface area (Å²) in [6, 6.07) is 8.76. The van der Waals surface area contributed by atoms with E-state index in [0.717, 1.165) is 5.56 Å². The summed E-state index contributed by atoms with van der Waals surface area (Å²) in [7, 11) is 1.61. The number of amides is 1. The van der Waals surface area contributed by atoms with Gasteiger partial charge in [0.15, 0.2) is 0 Å². The Kier molecular flexibility index (Phi) is 7.31. The molecule has 1 amide bonds. The average molecular weight is 338 g/mol. The maximum Gasteiger partial charge on any atom is 0.274 e. The van der Waals surface area contributed by atoms with Crippen molar-refractivity contribution in [3.63, 3.8) is 0 Å². The predicted molar refractivity (Wildman–Crippen MR) is 92.4 cm³/mol. The Labute approximate surface area is 141 Å². The zero-order valence-corrected chi connectivity index (χ0v) is 13.9. The summed E-state index contributed by atoms with van der Waals surface area (Å²) in [6.07, 6.45) is 1.44. The highest BCUT2D eigenvalue weighted by Gasteiger charge is 2.11. The Morgan fingerprint density at radius 1 is 1.26 bits per heavy atom. The highest BCUT2D eigenvalue weighted by atomic mass is 35.5. The lowest BCUT2D eigenvalue weighted by molar-refractivity contribution is 0.102. The van der Waals surface area contributed by atoms with Gasteiger partial charge in [0, 0.05) is 7.11 Å². The summed E-state index contributed by atoms with van der Waals surface area (Å²) in [4.78, 5) is 16.2. The van der Waals surface area contributed by atoms with Crippen LogP contribution in [0.2, 0.25) is 0 Å². The minimum absolute atomic E-state index is 0. The second kappa shape index (κ2) is 8.97. The maximum absolute atomic E-state index is 12.2. The van der Waals surface area contributed by atoms with Crippen LogP contribution in [0.3, 0.4) is 0 Å². The molecule has 0 aliphatic heterocycles. The minimum atomic E-state index is -0.319. The average Bonchev–Trinajstić information content (AvgIpc) is 2.50. The van der Waals surface area contributed by atoms with E-state index in [4.69, 9.17) is 15.2 Å². The lowest BCUT2D eigenvalue weighted by Crippen LogP contribution is -2.15. The SMILES string of the molecule is COCCOc1cc(C)ccc1NC(=O)c1ccc(N)cn1.Cl. The first-order chi connectivity index (χ1) is 10.6. The summed E-state index contributed by atoms with van der Waals surface area (Å²) in [5.41, 5.74) is 7.99. The van der Waals surface area contributed by atoms with Gasteiger partial charge < -0.3 is 20.5 Å². The molecule has 1 aromatic heterocycles. The van der Waals surface area contributed by atoms with Gasteiger partial charge in [-0.25, -0.2) is 4.98 Å². The van der Waals surface area contributed by atoms with Gasteiger partial charge >= 0.3 is 0 Å². The number of rotatable bonds is 6. The number of hydrogen-bond acceptors (Lipinski definition) is 5. The fourth-order valence-corrected chi connectivity index (χ4v) is 1.81. The van der Waals surface area contributed by atoms with E-state index < -0.39 is 0 Å². The standard InChI is InChI=1S/C16H19N3O3.ClH/c1-11-3-5-13(15(9-11)22-8-7-21-2)19-16(20)14-6-4-12(17)10-18-14;/h3-6,9-10H,7-8,17H2,1-2H3,(H,19,20);1H. The van der Waals surface area contributed by atoms with Gasteiger partial charge in [-0.2, -0.15) is 0 Å². The molecule has 0 saturated heterocycles. The first kappa shape index (κ1) is 18.7. The molecule has 0 fully saturated rings. The molecule has 0 aliphatic rings. The highest BCUT2D eigenvalue weighted by Crippen LogP contribution is 2.26. The zero-order chi connectivity index (χ0) is 15.9. The number of nitrogens with two attached hydrogens (primary N) is 1. The van der Waals surface area contributed by atoms with Crippen LogP contribution in [0.5, 0.6) is 5.75 Å². The van der Waals surface area contributed by atoms with Crippen molar-refractivity contribution in [1.82, 2.24) is 4.98 Å². The van der Waals surface area contributed by atoms with Crippen LogP contribution in [-0.4, -0.2) is 31.2 Å². The summed E-state index contributed by atoms with van der Waals surface area (Å²) >= 11 is 0. The summed E-state index contributed by atoms with van der Waals surface area (Å²) in [5.74, 6) is 0.279. The van der Waals surface area contributed by atoms with Gasteiger partial charge in [0.2, 0.25) is 0 Å². The molecule has 0 radical (unpaired) electrons.